The number of nitrogens with zero attached hydrogens (tertiary/aromatic N) is 2. The number of ether oxygens (including phenoxy) is 1. The Labute approximate surface area is 140 Å². The van der Waals surface area contributed by atoms with Crippen molar-refractivity contribution in [3.05, 3.63) is 53.7 Å². The van der Waals surface area contributed by atoms with Gasteiger partial charge in [-0.1, -0.05) is 18.2 Å². The van der Waals surface area contributed by atoms with Gasteiger partial charge in [-0.2, -0.15) is 0 Å². The number of guanidine groups is 1. The molecule has 23 heavy (non-hydrogen) atoms. The van der Waals surface area contributed by atoms with E-state index in [1.165, 1.54) is 0 Å². The number of hydrogen-bond acceptors (Lipinski definition) is 4. The van der Waals surface area contributed by atoms with E-state index in [0.29, 0.717) is 19.1 Å². The van der Waals surface area contributed by atoms with Crippen molar-refractivity contribution >= 4 is 17.7 Å². The van der Waals surface area contributed by atoms with Gasteiger partial charge in [0.05, 0.1) is 24.2 Å². The highest BCUT2D eigenvalue weighted by Gasteiger charge is 2.21. The first-order valence-corrected chi connectivity index (χ1v) is 8.76. The molecule has 1 atom stereocenters. The predicted molar refractivity (Wildman–Crippen MR) is 93.8 cm³/mol. The first-order valence-electron chi connectivity index (χ1n) is 7.53. The van der Waals surface area contributed by atoms with Crippen LogP contribution in [0.1, 0.15) is 23.6 Å². The van der Waals surface area contributed by atoms with Crippen LogP contribution in [0, 0.1) is 0 Å². The van der Waals surface area contributed by atoms with E-state index in [0.717, 1.165) is 28.3 Å². The second-order valence-electron chi connectivity index (χ2n) is 5.28. The third-order valence-electron chi connectivity index (χ3n) is 3.72. The third-order valence-corrected chi connectivity index (χ3v) is 4.36. The molecule has 5 nitrogen and oxygen atoms in total. The van der Waals surface area contributed by atoms with E-state index < -0.39 is 0 Å². The lowest BCUT2D eigenvalue weighted by atomic mass is 10.0. The molecule has 3 rings (SSSR count). The number of fused-ring (bicyclic) bond motifs is 1. The molecule has 1 aliphatic heterocycles. The number of nitrogens with one attached hydrogen (secondary N) is 1. The largest absolute Gasteiger partial charge is 0.493 e. The van der Waals surface area contributed by atoms with Crippen LogP contribution in [0.15, 0.2) is 52.6 Å². The van der Waals surface area contributed by atoms with E-state index in [-0.39, 0.29) is 6.04 Å². The molecule has 0 aliphatic carbocycles. The number of hydrogen-bond donors (Lipinski definition) is 2. The van der Waals surface area contributed by atoms with Gasteiger partial charge in [-0.05, 0) is 30.0 Å². The number of para-hydroxylation sites is 1. The van der Waals surface area contributed by atoms with Crippen molar-refractivity contribution in [2.75, 3.05) is 12.9 Å². The van der Waals surface area contributed by atoms with E-state index in [1.807, 2.05) is 36.6 Å². The summed E-state index contributed by atoms with van der Waals surface area (Å²) in [5.74, 6) is 1.37. The van der Waals surface area contributed by atoms with Crippen molar-refractivity contribution in [1.82, 2.24) is 10.3 Å². The number of aromatic nitrogens is 1. The summed E-state index contributed by atoms with van der Waals surface area (Å²) >= 11 is 1.62. The van der Waals surface area contributed by atoms with Crippen molar-refractivity contribution in [3.8, 4) is 5.75 Å². The van der Waals surface area contributed by atoms with Gasteiger partial charge in [0.15, 0.2) is 5.96 Å². The highest BCUT2D eigenvalue weighted by molar-refractivity contribution is 7.98. The van der Waals surface area contributed by atoms with Crippen molar-refractivity contribution in [2.45, 2.75) is 24.0 Å². The minimum absolute atomic E-state index is 0.142. The van der Waals surface area contributed by atoms with Crippen molar-refractivity contribution < 1.29 is 4.74 Å². The molecule has 1 aliphatic rings. The summed E-state index contributed by atoms with van der Waals surface area (Å²) in [5.41, 5.74) is 8.29. The van der Waals surface area contributed by atoms with Gasteiger partial charge in [-0.3, -0.25) is 0 Å². The first-order chi connectivity index (χ1) is 11.3. The third kappa shape index (κ3) is 3.96. The average Bonchev–Trinajstić information content (AvgIpc) is 2.60. The van der Waals surface area contributed by atoms with Gasteiger partial charge < -0.3 is 15.8 Å². The topological polar surface area (TPSA) is 72.5 Å². The molecule has 2 aromatic rings. The molecule has 1 unspecified atom stereocenters. The quantitative estimate of drug-likeness (QED) is 0.513. The van der Waals surface area contributed by atoms with Crippen LogP contribution in [0.3, 0.4) is 0 Å². The number of thioether (sulfide) groups is 1. The lowest BCUT2D eigenvalue weighted by Gasteiger charge is -2.26. The van der Waals surface area contributed by atoms with Crippen LogP contribution in [0.4, 0.5) is 0 Å². The molecule has 0 saturated carbocycles. The summed E-state index contributed by atoms with van der Waals surface area (Å²) in [6.07, 6.45) is 4.68. The second-order valence-corrected chi connectivity index (χ2v) is 6.11. The van der Waals surface area contributed by atoms with E-state index in [4.69, 9.17) is 10.5 Å². The Hall–Kier alpha value is -2.21. The molecule has 6 heteroatoms. The maximum absolute atomic E-state index is 6.06. The monoisotopic (exact) mass is 328 g/mol. The standard InChI is InChI=1S/C17H20N4OS/c1-23-16-10-12(6-8-19-16)11-20-17(18)21-14-7-9-22-15-5-3-2-4-13(14)15/h2-6,8,10,14H,7,9,11H2,1H3,(H3,18,20,21). The normalized spacial score (nSPS) is 17.3. The molecule has 2 heterocycles. The molecular weight excluding hydrogens is 308 g/mol. The van der Waals surface area contributed by atoms with Gasteiger partial charge in [-0.15, -0.1) is 11.8 Å². The average molecular weight is 328 g/mol. The molecule has 1 aromatic carbocycles. The second kappa shape index (κ2) is 7.37. The number of nitrogens with two attached hydrogens (primary N) is 1. The Balaban J connectivity index is 1.66. The van der Waals surface area contributed by atoms with E-state index in [2.05, 4.69) is 21.4 Å². The molecule has 120 valence electrons. The fourth-order valence-corrected chi connectivity index (χ4v) is 2.99. The fraction of sp³-hybridized carbons (Fsp3) is 0.294. The summed E-state index contributed by atoms with van der Waals surface area (Å²) in [5, 5.41) is 4.29. The molecule has 0 saturated heterocycles. The predicted octanol–water partition coefficient (Wildman–Crippen LogP) is 2.73. The van der Waals surface area contributed by atoms with Gasteiger partial charge in [0.2, 0.25) is 0 Å². The zero-order valence-electron chi connectivity index (χ0n) is 13.0. The number of benzene rings is 1. The number of rotatable bonds is 4. The van der Waals surface area contributed by atoms with Gasteiger partial charge in [0, 0.05) is 18.2 Å². The fourth-order valence-electron chi connectivity index (χ4n) is 2.55. The minimum atomic E-state index is 0.142. The van der Waals surface area contributed by atoms with Gasteiger partial charge in [0.1, 0.15) is 5.75 Å². The molecular formula is C17H20N4OS. The van der Waals surface area contributed by atoms with Gasteiger partial charge in [-0.25, -0.2) is 9.98 Å². The molecule has 1 aromatic heterocycles. The SMILES string of the molecule is CSc1cc(CN=C(N)NC2CCOc3ccccc32)ccn1. The first kappa shape index (κ1) is 15.7. The van der Waals surface area contributed by atoms with Crippen molar-refractivity contribution in [3.63, 3.8) is 0 Å². The lowest BCUT2D eigenvalue weighted by molar-refractivity contribution is 0.262. The molecule has 0 bridgehead atoms. The molecule has 3 N–H and O–H groups in total. The summed E-state index contributed by atoms with van der Waals surface area (Å²) in [7, 11) is 0. The van der Waals surface area contributed by atoms with Gasteiger partial charge in [0.25, 0.3) is 0 Å². The minimum Gasteiger partial charge on any atom is -0.493 e. The maximum atomic E-state index is 6.06. The van der Waals surface area contributed by atoms with Crippen LogP contribution in [0.25, 0.3) is 0 Å². The Morgan fingerprint density at radius 2 is 2.30 bits per heavy atom. The van der Waals surface area contributed by atoms with Crippen LogP contribution in [-0.4, -0.2) is 23.8 Å². The zero-order valence-corrected chi connectivity index (χ0v) is 13.8. The van der Waals surface area contributed by atoms with Crippen LogP contribution in [-0.2, 0) is 6.54 Å². The Morgan fingerprint density at radius 3 is 3.17 bits per heavy atom. The summed E-state index contributed by atoms with van der Waals surface area (Å²) < 4.78 is 5.66. The Bertz CT molecular complexity index is 704. The molecule has 0 spiro atoms. The van der Waals surface area contributed by atoms with Crippen molar-refractivity contribution in [2.24, 2.45) is 10.7 Å². The summed E-state index contributed by atoms with van der Waals surface area (Å²) in [6, 6.07) is 12.2. The van der Waals surface area contributed by atoms with Crippen LogP contribution in [0.2, 0.25) is 0 Å². The zero-order chi connectivity index (χ0) is 16.1. The van der Waals surface area contributed by atoms with Crippen LogP contribution >= 0.6 is 11.8 Å². The van der Waals surface area contributed by atoms with Crippen molar-refractivity contribution in [1.29, 1.82) is 0 Å². The Morgan fingerprint density at radius 1 is 1.43 bits per heavy atom. The smallest absolute Gasteiger partial charge is 0.189 e. The molecule has 0 radical (unpaired) electrons. The van der Waals surface area contributed by atoms with E-state index in [1.54, 1.807) is 18.0 Å². The highest BCUT2D eigenvalue weighted by Crippen LogP contribution is 2.31. The van der Waals surface area contributed by atoms with Crippen LogP contribution in [0.5, 0.6) is 5.75 Å². The Kier molecular flexibility index (Phi) is 5.02. The lowest BCUT2D eigenvalue weighted by Crippen LogP contribution is -2.37. The maximum Gasteiger partial charge on any atom is 0.189 e. The molecule has 0 fully saturated rings. The van der Waals surface area contributed by atoms with E-state index >= 15 is 0 Å². The van der Waals surface area contributed by atoms with Gasteiger partial charge >= 0.3 is 0 Å². The van der Waals surface area contributed by atoms with E-state index in [9.17, 15) is 0 Å². The summed E-state index contributed by atoms with van der Waals surface area (Å²) in [4.78, 5) is 8.70. The summed E-state index contributed by atoms with van der Waals surface area (Å²) in [6.45, 7) is 1.23. The highest BCUT2D eigenvalue weighted by atomic mass is 32.2. The number of aliphatic imine (C=N–C) groups is 1. The molecule has 0 amide bonds. The van der Waals surface area contributed by atoms with Crippen LogP contribution < -0.4 is 15.8 Å². The number of pyridine rings is 1.